The smallest absolute Gasteiger partial charge is 0.269 e. The first-order valence-corrected chi connectivity index (χ1v) is 8.26. The van der Waals surface area contributed by atoms with E-state index in [1.165, 1.54) is 16.6 Å². The molecule has 0 saturated heterocycles. The normalized spacial score (nSPS) is 10.9. The molecule has 2 aromatic heterocycles. The van der Waals surface area contributed by atoms with Gasteiger partial charge in [0.15, 0.2) is 16.6 Å². The maximum atomic E-state index is 10.8. The van der Waals surface area contributed by atoms with E-state index in [-0.39, 0.29) is 10.8 Å². The quantitative estimate of drug-likeness (QED) is 0.391. The molecule has 0 N–H and O–H groups in total. The Balaban J connectivity index is 1.77. The summed E-state index contributed by atoms with van der Waals surface area (Å²) in [5.41, 5.74) is 2.75. The highest BCUT2D eigenvalue weighted by atomic mass is 35.5. The van der Waals surface area contributed by atoms with E-state index >= 15 is 0 Å². The molecular formula is C18H12ClN5O3. The third-order valence-corrected chi connectivity index (χ3v) is 4.36. The third-order valence-electron chi connectivity index (χ3n) is 4.09. The minimum Gasteiger partial charge on any atom is -0.497 e. The number of hydrogen-bond donors (Lipinski definition) is 0. The van der Waals surface area contributed by atoms with Gasteiger partial charge in [-0.2, -0.15) is 9.61 Å². The van der Waals surface area contributed by atoms with E-state index in [1.54, 1.807) is 25.3 Å². The number of halogens is 1. The predicted molar refractivity (Wildman–Crippen MR) is 99.9 cm³/mol. The molecule has 2 heterocycles. The average molecular weight is 382 g/mol. The summed E-state index contributed by atoms with van der Waals surface area (Å²) >= 11 is 6.39. The molecule has 0 unspecified atom stereocenters. The van der Waals surface area contributed by atoms with Crippen LogP contribution >= 0.6 is 11.6 Å². The van der Waals surface area contributed by atoms with Gasteiger partial charge in [0.05, 0.1) is 12.0 Å². The molecule has 0 amide bonds. The molecule has 2 aromatic carbocycles. The largest absolute Gasteiger partial charge is 0.497 e. The van der Waals surface area contributed by atoms with E-state index in [1.807, 2.05) is 24.3 Å². The highest BCUT2D eigenvalue weighted by Crippen LogP contribution is 2.30. The summed E-state index contributed by atoms with van der Waals surface area (Å²) in [6, 6.07) is 15.2. The Hall–Kier alpha value is -3.52. The highest BCUT2D eigenvalue weighted by molar-refractivity contribution is 6.32. The first kappa shape index (κ1) is 16.9. The van der Waals surface area contributed by atoms with Gasteiger partial charge >= 0.3 is 0 Å². The Bertz CT molecular complexity index is 1140. The fraction of sp³-hybridized carbons (Fsp3) is 0.0556. The van der Waals surface area contributed by atoms with Gasteiger partial charge in [-0.3, -0.25) is 10.1 Å². The Morgan fingerprint density at radius 3 is 2.33 bits per heavy atom. The van der Waals surface area contributed by atoms with Gasteiger partial charge in [0, 0.05) is 23.3 Å². The van der Waals surface area contributed by atoms with E-state index in [0.717, 1.165) is 16.9 Å². The van der Waals surface area contributed by atoms with Gasteiger partial charge in [0.1, 0.15) is 5.75 Å². The second-order valence-corrected chi connectivity index (χ2v) is 6.03. The number of fused-ring (bicyclic) bond motifs is 1. The molecule has 27 heavy (non-hydrogen) atoms. The molecule has 0 aliphatic rings. The van der Waals surface area contributed by atoms with Gasteiger partial charge < -0.3 is 4.74 Å². The summed E-state index contributed by atoms with van der Waals surface area (Å²) in [7, 11) is 1.60. The lowest BCUT2D eigenvalue weighted by molar-refractivity contribution is -0.384. The monoisotopic (exact) mass is 381 g/mol. The molecule has 0 fully saturated rings. The van der Waals surface area contributed by atoms with Crippen molar-refractivity contribution in [3.8, 4) is 28.3 Å². The lowest BCUT2D eigenvalue weighted by Crippen LogP contribution is -1.97. The molecule has 0 aliphatic heterocycles. The Morgan fingerprint density at radius 1 is 1.04 bits per heavy atom. The minimum atomic E-state index is -0.456. The maximum absolute atomic E-state index is 10.8. The number of methoxy groups -OCH3 is 1. The fourth-order valence-electron chi connectivity index (χ4n) is 2.70. The molecule has 8 nitrogen and oxygen atoms in total. The number of benzene rings is 2. The van der Waals surface area contributed by atoms with Crippen molar-refractivity contribution in [3.63, 3.8) is 0 Å². The van der Waals surface area contributed by atoms with Gasteiger partial charge in [-0.1, -0.05) is 23.7 Å². The average Bonchev–Trinajstić information content (AvgIpc) is 3.10. The van der Waals surface area contributed by atoms with Crippen LogP contribution in [0, 0.1) is 10.1 Å². The number of nitro benzene ring substituents is 1. The van der Waals surface area contributed by atoms with E-state index in [4.69, 9.17) is 16.3 Å². The van der Waals surface area contributed by atoms with E-state index < -0.39 is 4.92 Å². The second-order valence-electron chi connectivity index (χ2n) is 5.67. The van der Waals surface area contributed by atoms with Crippen molar-refractivity contribution in [3.05, 3.63) is 69.9 Å². The van der Waals surface area contributed by atoms with Crippen LogP contribution in [0.4, 0.5) is 5.69 Å². The zero-order chi connectivity index (χ0) is 19.0. The SMILES string of the molecule is COc1ccc(-c2cc3nnc(-c4ccc([N+](=O)[O-])cc4)n3nc2Cl)cc1. The van der Waals surface area contributed by atoms with Crippen LogP contribution in [0.5, 0.6) is 5.75 Å². The molecule has 9 heteroatoms. The zero-order valence-corrected chi connectivity index (χ0v) is 14.8. The molecule has 0 aliphatic carbocycles. The molecule has 0 atom stereocenters. The summed E-state index contributed by atoms with van der Waals surface area (Å²) in [6.07, 6.45) is 0. The van der Waals surface area contributed by atoms with Crippen molar-refractivity contribution in [2.45, 2.75) is 0 Å². The molecule has 4 aromatic rings. The lowest BCUT2D eigenvalue weighted by Gasteiger charge is -2.06. The van der Waals surface area contributed by atoms with Crippen LogP contribution in [0.25, 0.3) is 28.2 Å². The molecule has 0 spiro atoms. The summed E-state index contributed by atoms with van der Waals surface area (Å²) in [6.45, 7) is 0. The lowest BCUT2D eigenvalue weighted by atomic mass is 10.1. The van der Waals surface area contributed by atoms with Gasteiger partial charge in [0.2, 0.25) is 0 Å². The third kappa shape index (κ3) is 3.06. The number of hydrogen-bond acceptors (Lipinski definition) is 6. The van der Waals surface area contributed by atoms with Crippen LogP contribution in [0.2, 0.25) is 5.15 Å². The Morgan fingerprint density at radius 2 is 1.70 bits per heavy atom. The van der Waals surface area contributed by atoms with Crippen molar-refractivity contribution < 1.29 is 9.66 Å². The van der Waals surface area contributed by atoms with Crippen molar-refractivity contribution in [2.24, 2.45) is 0 Å². The first-order valence-electron chi connectivity index (χ1n) is 7.88. The summed E-state index contributed by atoms with van der Waals surface area (Å²) in [5.74, 6) is 1.19. The summed E-state index contributed by atoms with van der Waals surface area (Å²) in [5, 5.41) is 23.8. The number of rotatable bonds is 4. The van der Waals surface area contributed by atoms with Crippen molar-refractivity contribution in [2.75, 3.05) is 7.11 Å². The first-order chi connectivity index (χ1) is 13.1. The maximum Gasteiger partial charge on any atom is 0.269 e. The van der Waals surface area contributed by atoms with Crippen LogP contribution in [0.1, 0.15) is 0 Å². The minimum absolute atomic E-state index is 0.000328. The van der Waals surface area contributed by atoms with Gasteiger partial charge in [0.25, 0.3) is 5.69 Å². The van der Waals surface area contributed by atoms with Gasteiger partial charge in [-0.05, 0) is 35.9 Å². The molecule has 0 radical (unpaired) electrons. The van der Waals surface area contributed by atoms with E-state index in [9.17, 15) is 10.1 Å². The number of nitrogens with zero attached hydrogens (tertiary/aromatic N) is 5. The van der Waals surface area contributed by atoms with Crippen LogP contribution < -0.4 is 4.74 Å². The Kier molecular flexibility index (Phi) is 4.17. The molecule has 4 rings (SSSR count). The number of ether oxygens (including phenoxy) is 1. The van der Waals surface area contributed by atoms with Crippen molar-refractivity contribution in [1.82, 2.24) is 19.8 Å². The van der Waals surface area contributed by atoms with Crippen molar-refractivity contribution in [1.29, 1.82) is 0 Å². The summed E-state index contributed by atoms with van der Waals surface area (Å²) < 4.78 is 6.67. The standard InChI is InChI=1S/C18H12ClN5O3/c1-27-14-8-4-11(5-9-14)15-10-16-20-21-18(23(16)22-17(15)19)12-2-6-13(7-3-12)24(25)26/h2-10H,1H3. The molecular weight excluding hydrogens is 370 g/mol. The van der Waals surface area contributed by atoms with Crippen molar-refractivity contribution >= 4 is 22.9 Å². The highest BCUT2D eigenvalue weighted by Gasteiger charge is 2.15. The van der Waals surface area contributed by atoms with E-state index in [2.05, 4.69) is 15.3 Å². The molecule has 134 valence electrons. The zero-order valence-electron chi connectivity index (χ0n) is 14.0. The van der Waals surface area contributed by atoms with Gasteiger partial charge in [-0.15, -0.1) is 10.2 Å². The topological polar surface area (TPSA) is 95.5 Å². The van der Waals surface area contributed by atoms with Gasteiger partial charge in [-0.25, -0.2) is 0 Å². The number of non-ortho nitro benzene ring substituents is 1. The van der Waals surface area contributed by atoms with E-state index in [0.29, 0.717) is 17.0 Å². The van der Waals surface area contributed by atoms with Crippen LogP contribution in [-0.2, 0) is 0 Å². The fourth-order valence-corrected chi connectivity index (χ4v) is 2.94. The number of nitro groups is 1. The molecule has 0 bridgehead atoms. The second kappa shape index (κ2) is 6.65. The number of aromatic nitrogens is 4. The van der Waals surface area contributed by atoms with Crippen LogP contribution in [0.15, 0.2) is 54.6 Å². The van der Waals surface area contributed by atoms with Crippen LogP contribution in [0.3, 0.4) is 0 Å². The Labute approximate surface area is 158 Å². The molecule has 0 saturated carbocycles. The van der Waals surface area contributed by atoms with Crippen LogP contribution in [-0.4, -0.2) is 31.8 Å². The summed E-state index contributed by atoms with van der Waals surface area (Å²) in [4.78, 5) is 10.3. The predicted octanol–water partition coefficient (Wildman–Crippen LogP) is 4.03.